The molecular weight excluding hydrogens is 592 g/mol. The van der Waals surface area contributed by atoms with Gasteiger partial charge in [0.25, 0.3) is 5.56 Å². The van der Waals surface area contributed by atoms with E-state index in [0.29, 0.717) is 52.1 Å². The predicted octanol–water partition coefficient (Wildman–Crippen LogP) is 4.75. The number of aromatic nitrogens is 6. The number of fused-ring (bicyclic) bond motifs is 2. The number of hydrogen-bond donors (Lipinski definition) is 2. The van der Waals surface area contributed by atoms with Crippen molar-refractivity contribution in [2.75, 3.05) is 23.8 Å². The van der Waals surface area contributed by atoms with Crippen LogP contribution >= 0.6 is 0 Å². The lowest BCUT2D eigenvalue weighted by atomic mass is 9.50. The molecule has 236 valence electrons. The van der Waals surface area contributed by atoms with E-state index in [1.807, 2.05) is 41.2 Å². The average molecular weight is 627 g/mol. The first kappa shape index (κ1) is 29.1. The Morgan fingerprint density at radius 2 is 1.87 bits per heavy atom. The molecule has 1 saturated heterocycles. The Morgan fingerprint density at radius 1 is 1.04 bits per heavy atom. The molecule has 0 spiro atoms. The summed E-state index contributed by atoms with van der Waals surface area (Å²) < 4.78 is 9.32. The van der Waals surface area contributed by atoms with Crippen molar-refractivity contribution in [2.45, 2.75) is 57.2 Å². The second-order valence-electron chi connectivity index (χ2n) is 14.0. The molecule has 12 heteroatoms. The molecule has 4 heterocycles. The number of rotatable bonds is 7. The molecular formula is C35H34N10O2. The van der Waals surface area contributed by atoms with E-state index in [9.17, 15) is 15.3 Å². The lowest BCUT2D eigenvalue weighted by molar-refractivity contribution is -0.0989. The van der Waals surface area contributed by atoms with Gasteiger partial charge in [0.2, 0.25) is 0 Å². The van der Waals surface area contributed by atoms with Crippen LogP contribution < -0.4 is 16.2 Å². The third kappa shape index (κ3) is 4.63. The summed E-state index contributed by atoms with van der Waals surface area (Å²) in [6.07, 6.45) is 7.90. The van der Waals surface area contributed by atoms with Crippen molar-refractivity contribution in [3.63, 3.8) is 0 Å². The van der Waals surface area contributed by atoms with Crippen molar-refractivity contribution in [2.24, 2.45) is 18.4 Å². The number of benzene rings is 2. The molecule has 0 unspecified atom stereocenters. The van der Waals surface area contributed by atoms with Gasteiger partial charge >= 0.3 is 0 Å². The van der Waals surface area contributed by atoms with Crippen LogP contribution in [0.15, 0.2) is 53.6 Å². The monoisotopic (exact) mass is 626 g/mol. The molecule has 0 radical (unpaired) electrons. The predicted molar refractivity (Wildman–Crippen MR) is 176 cm³/mol. The van der Waals surface area contributed by atoms with Crippen LogP contribution in [0, 0.1) is 34.0 Å². The molecule has 47 heavy (non-hydrogen) atoms. The molecule has 9 rings (SSSR count). The molecule has 2 atom stereocenters. The molecule has 0 amide bonds. The first-order valence-corrected chi connectivity index (χ1v) is 16.0. The van der Waals surface area contributed by atoms with Gasteiger partial charge in [0.05, 0.1) is 35.6 Å². The van der Waals surface area contributed by atoms with Crippen molar-refractivity contribution in [3.8, 4) is 12.1 Å². The number of anilines is 2. The summed E-state index contributed by atoms with van der Waals surface area (Å²) in [5.74, 6) is 0.781. The Labute approximate surface area is 271 Å². The maximum atomic E-state index is 13.1. The van der Waals surface area contributed by atoms with E-state index < -0.39 is 6.04 Å². The van der Waals surface area contributed by atoms with Gasteiger partial charge in [-0.05, 0) is 66.8 Å². The van der Waals surface area contributed by atoms with E-state index in [4.69, 9.17) is 4.74 Å². The number of nitrogens with one attached hydrogen (secondary N) is 2. The fourth-order valence-electron chi connectivity index (χ4n) is 7.56. The summed E-state index contributed by atoms with van der Waals surface area (Å²) in [5, 5.41) is 47.4. The van der Waals surface area contributed by atoms with E-state index in [-0.39, 0.29) is 28.2 Å². The number of pyridine rings is 1. The van der Waals surface area contributed by atoms with Gasteiger partial charge in [-0.1, -0.05) is 31.2 Å². The van der Waals surface area contributed by atoms with Crippen molar-refractivity contribution >= 4 is 33.1 Å². The van der Waals surface area contributed by atoms with Gasteiger partial charge in [0.1, 0.15) is 23.3 Å². The number of nitriles is 2. The summed E-state index contributed by atoms with van der Waals surface area (Å²) in [5.41, 5.74) is 3.38. The molecule has 3 aromatic heterocycles. The zero-order valence-corrected chi connectivity index (χ0v) is 26.5. The largest absolute Gasteiger partial charge is 0.381 e. The molecule has 2 bridgehead atoms. The number of ether oxygens (including phenoxy) is 1. The third-order valence-corrected chi connectivity index (χ3v) is 10.5. The van der Waals surface area contributed by atoms with Crippen molar-refractivity contribution in [1.29, 1.82) is 10.5 Å². The smallest absolute Gasteiger partial charge is 0.258 e. The highest BCUT2D eigenvalue weighted by atomic mass is 16.5. The van der Waals surface area contributed by atoms with Gasteiger partial charge < -0.3 is 19.9 Å². The Kier molecular flexibility index (Phi) is 6.57. The maximum absolute atomic E-state index is 13.1. The zero-order valence-electron chi connectivity index (χ0n) is 26.5. The summed E-state index contributed by atoms with van der Waals surface area (Å²) in [6.45, 7) is 5.44. The van der Waals surface area contributed by atoms with E-state index in [2.05, 4.69) is 57.1 Å². The van der Waals surface area contributed by atoms with Crippen LogP contribution in [0.2, 0.25) is 0 Å². The molecule has 3 saturated carbocycles. The van der Waals surface area contributed by atoms with Crippen molar-refractivity contribution < 1.29 is 4.74 Å². The van der Waals surface area contributed by atoms with E-state index >= 15 is 0 Å². The second kappa shape index (κ2) is 10.6. The van der Waals surface area contributed by atoms with Gasteiger partial charge in [0.15, 0.2) is 5.69 Å². The van der Waals surface area contributed by atoms with E-state index in [0.717, 1.165) is 42.6 Å². The SMILES string of the molecule is Cn1ccc2c([C@H](Nc3cc(C#N)c4nnc(C#N)c(N[C@H]5CCOCC5(C)C)c4c3)c3cn(C45CC(C4)C5)nn3)cccc2c1=O. The number of nitrogens with zero attached hydrogens (tertiary/aromatic N) is 8. The van der Waals surface area contributed by atoms with E-state index in [1.54, 1.807) is 23.9 Å². The Bertz CT molecular complexity index is 2210. The summed E-state index contributed by atoms with van der Waals surface area (Å²) in [6, 6.07) is 15.3. The second-order valence-corrected chi connectivity index (χ2v) is 14.0. The molecule has 3 aliphatic carbocycles. The standard InChI is InChI=1S/C35H34N10O2/c1-34(2)19-47-10-8-29(34)39-32-26-12-22(11-21(16-36)30(26)42-40-27(32)17-37)38-31(28-18-45(43-41-28)35-13-20(14-35)15-35)24-5-4-6-25-23(24)7-9-44(3)33(25)46/h4-7,9,11-12,18,20,29,31,38H,8,10,13-15,19H2,1-3H3,(H,39,42)/t20?,29-,31-,35?/m0/s1. The van der Waals surface area contributed by atoms with Crippen LogP contribution in [0.25, 0.3) is 21.7 Å². The van der Waals surface area contributed by atoms with Crippen LogP contribution in [0.5, 0.6) is 0 Å². The van der Waals surface area contributed by atoms with Crippen LogP contribution in [0.1, 0.15) is 68.1 Å². The third-order valence-electron chi connectivity index (χ3n) is 10.5. The Morgan fingerprint density at radius 3 is 2.60 bits per heavy atom. The van der Waals surface area contributed by atoms with Gasteiger partial charge in [0, 0.05) is 47.8 Å². The maximum Gasteiger partial charge on any atom is 0.258 e. The quantitative estimate of drug-likeness (QED) is 0.258. The molecule has 1 aliphatic heterocycles. The van der Waals surface area contributed by atoms with Crippen LogP contribution in [-0.4, -0.2) is 49.0 Å². The van der Waals surface area contributed by atoms with Crippen LogP contribution in [0.4, 0.5) is 11.4 Å². The summed E-state index contributed by atoms with van der Waals surface area (Å²) >= 11 is 0. The van der Waals surface area contributed by atoms with Crippen molar-refractivity contribution in [3.05, 3.63) is 81.7 Å². The summed E-state index contributed by atoms with van der Waals surface area (Å²) in [7, 11) is 1.74. The van der Waals surface area contributed by atoms with Crippen LogP contribution in [-0.2, 0) is 17.3 Å². The Balaban J connectivity index is 1.27. The minimum Gasteiger partial charge on any atom is -0.381 e. The highest BCUT2D eigenvalue weighted by Crippen LogP contribution is 2.62. The first-order chi connectivity index (χ1) is 22.7. The fourth-order valence-corrected chi connectivity index (χ4v) is 7.56. The highest BCUT2D eigenvalue weighted by molar-refractivity contribution is 5.98. The zero-order chi connectivity index (χ0) is 32.5. The average Bonchev–Trinajstić information content (AvgIpc) is 3.50. The van der Waals surface area contributed by atoms with Crippen molar-refractivity contribution in [1.82, 2.24) is 29.8 Å². The molecule has 2 N–H and O–H groups in total. The normalized spacial score (nSPS) is 23.3. The lowest BCUT2D eigenvalue weighted by Gasteiger charge is -2.61. The van der Waals surface area contributed by atoms with Gasteiger partial charge in [-0.25, -0.2) is 4.68 Å². The minimum atomic E-state index is -0.507. The molecule has 12 nitrogen and oxygen atoms in total. The summed E-state index contributed by atoms with van der Waals surface area (Å²) in [4.78, 5) is 13.1. The van der Waals surface area contributed by atoms with Gasteiger partial charge in [-0.2, -0.15) is 10.5 Å². The first-order valence-electron chi connectivity index (χ1n) is 16.0. The number of aryl methyl sites for hydroxylation is 1. The minimum absolute atomic E-state index is 0.0102. The van der Waals surface area contributed by atoms with Gasteiger partial charge in [-0.3, -0.25) is 4.79 Å². The molecule has 4 aliphatic rings. The Hall–Kier alpha value is -5.33. The highest BCUT2D eigenvalue weighted by Gasteiger charge is 2.59. The number of hydrogen-bond acceptors (Lipinski definition) is 10. The topological polar surface area (TPSA) is 159 Å². The van der Waals surface area contributed by atoms with Gasteiger partial charge in [-0.15, -0.1) is 15.3 Å². The lowest BCUT2D eigenvalue weighted by Crippen LogP contribution is -2.59. The molecule has 2 aromatic carbocycles. The van der Waals surface area contributed by atoms with E-state index in [1.165, 1.54) is 0 Å². The molecule has 5 aromatic rings. The molecule has 4 fully saturated rings. The fraction of sp³-hybridized carbons (Fsp3) is 0.400. The van der Waals surface area contributed by atoms with Crippen LogP contribution in [0.3, 0.4) is 0 Å².